The Balaban J connectivity index is 1.73. The van der Waals surface area contributed by atoms with E-state index < -0.39 is 11.7 Å². The lowest BCUT2D eigenvalue weighted by atomic mass is 10.1. The van der Waals surface area contributed by atoms with Crippen LogP contribution in [0.3, 0.4) is 0 Å². The van der Waals surface area contributed by atoms with E-state index in [1.54, 1.807) is 17.4 Å². The fraction of sp³-hybridized carbons (Fsp3) is 0.294. The highest BCUT2D eigenvalue weighted by Crippen LogP contribution is 2.30. The molecule has 3 rings (SSSR count). The van der Waals surface area contributed by atoms with Crippen molar-refractivity contribution in [2.75, 3.05) is 11.9 Å². The lowest BCUT2D eigenvalue weighted by Gasteiger charge is -2.10. The molecule has 0 saturated heterocycles. The van der Waals surface area contributed by atoms with Gasteiger partial charge in [0.2, 0.25) is 0 Å². The second-order valence-electron chi connectivity index (χ2n) is 5.57. The number of fused-ring (bicyclic) bond motifs is 1. The molecule has 0 aliphatic rings. The van der Waals surface area contributed by atoms with E-state index in [4.69, 9.17) is 0 Å². The van der Waals surface area contributed by atoms with Crippen molar-refractivity contribution in [3.05, 3.63) is 52.2 Å². The van der Waals surface area contributed by atoms with Gasteiger partial charge in [0.05, 0.1) is 10.9 Å². The molecule has 126 valence electrons. The lowest BCUT2D eigenvalue weighted by molar-refractivity contribution is -0.137. The number of thiophene rings is 1. The molecule has 0 atom stereocenters. The first kappa shape index (κ1) is 16.7. The summed E-state index contributed by atoms with van der Waals surface area (Å²) in [5, 5.41) is 4.17. The van der Waals surface area contributed by atoms with Crippen LogP contribution in [0.25, 0.3) is 10.2 Å². The lowest BCUT2D eigenvalue weighted by Crippen LogP contribution is -2.09. The molecule has 0 aliphatic carbocycles. The molecule has 3 nitrogen and oxygen atoms in total. The number of anilines is 1. The topological polar surface area (TPSA) is 37.8 Å². The second-order valence-corrected chi connectivity index (χ2v) is 6.80. The van der Waals surface area contributed by atoms with Gasteiger partial charge in [0.1, 0.15) is 16.5 Å². The van der Waals surface area contributed by atoms with Crippen LogP contribution in [0.5, 0.6) is 0 Å². The Morgan fingerprint density at radius 1 is 1.12 bits per heavy atom. The molecule has 0 amide bonds. The largest absolute Gasteiger partial charge is 0.416 e. The maximum atomic E-state index is 12.7. The zero-order valence-electron chi connectivity index (χ0n) is 13.2. The fourth-order valence-corrected chi connectivity index (χ4v) is 3.44. The molecule has 0 fully saturated rings. The number of alkyl halides is 3. The van der Waals surface area contributed by atoms with E-state index in [1.807, 2.05) is 19.9 Å². The van der Waals surface area contributed by atoms with Gasteiger partial charge in [0, 0.05) is 11.4 Å². The Morgan fingerprint density at radius 3 is 2.67 bits per heavy atom. The Morgan fingerprint density at radius 2 is 1.92 bits per heavy atom. The van der Waals surface area contributed by atoms with E-state index in [1.165, 1.54) is 12.1 Å². The minimum atomic E-state index is -4.31. The molecular formula is C17H16F3N3S. The third-order valence-electron chi connectivity index (χ3n) is 3.59. The van der Waals surface area contributed by atoms with E-state index in [0.29, 0.717) is 24.4 Å². The highest BCUT2D eigenvalue weighted by molar-refractivity contribution is 7.18. The Bertz CT molecular complexity index is 871. The van der Waals surface area contributed by atoms with E-state index in [-0.39, 0.29) is 0 Å². The average molecular weight is 351 g/mol. The summed E-state index contributed by atoms with van der Waals surface area (Å²) in [6.45, 7) is 4.34. The minimum Gasteiger partial charge on any atom is -0.369 e. The van der Waals surface area contributed by atoms with Gasteiger partial charge in [-0.2, -0.15) is 13.2 Å². The zero-order valence-corrected chi connectivity index (χ0v) is 14.1. The summed E-state index contributed by atoms with van der Waals surface area (Å²) < 4.78 is 38.2. The summed E-state index contributed by atoms with van der Waals surface area (Å²) in [5.41, 5.74) is 0.0228. The molecule has 24 heavy (non-hydrogen) atoms. The van der Waals surface area contributed by atoms with Crippen molar-refractivity contribution in [1.82, 2.24) is 9.97 Å². The zero-order chi connectivity index (χ0) is 17.3. The molecular weight excluding hydrogens is 335 g/mol. The first-order valence-corrected chi connectivity index (χ1v) is 8.29. The Hall–Kier alpha value is -2.15. The van der Waals surface area contributed by atoms with Gasteiger partial charge in [-0.25, -0.2) is 9.97 Å². The summed E-state index contributed by atoms with van der Waals surface area (Å²) in [5.74, 6) is 1.40. The number of rotatable bonds is 4. The summed E-state index contributed by atoms with van der Waals surface area (Å²) >= 11 is 1.60. The van der Waals surface area contributed by atoms with Crippen molar-refractivity contribution in [2.24, 2.45) is 0 Å². The van der Waals surface area contributed by atoms with Crippen LogP contribution in [0, 0.1) is 13.8 Å². The first-order valence-electron chi connectivity index (χ1n) is 7.48. The standard InChI is InChI=1S/C17H16F3N3S/c1-10-8-14-15(22-11(2)23-16(14)24-10)21-7-6-12-4-3-5-13(9-12)17(18,19)20/h3-5,8-9H,6-7H2,1-2H3,(H,21,22,23). The number of aromatic nitrogens is 2. The van der Waals surface area contributed by atoms with Crippen LogP contribution in [0.1, 0.15) is 21.8 Å². The van der Waals surface area contributed by atoms with Crippen molar-refractivity contribution in [2.45, 2.75) is 26.4 Å². The van der Waals surface area contributed by atoms with Crippen molar-refractivity contribution >= 4 is 27.4 Å². The molecule has 0 saturated carbocycles. The Labute approximate surface area is 141 Å². The van der Waals surface area contributed by atoms with Crippen molar-refractivity contribution < 1.29 is 13.2 Å². The average Bonchev–Trinajstić information content (AvgIpc) is 2.87. The van der Waals surface area contributed by atoms with Crippen LogP contribution < -0.4 is 5.32 Å². The third kappa shape index (κ3) is 3.67. The normalized spacial score (nSPS) is 11.9. The minimum absolute atomic E-state index is 0.484. The third-order valence-corrected chi connectivity index (χ3v) is 4.53. The molecule has 2 aromatic heterocycles. The Kier molecular flexibility index (Phi) is 4.45. The summed E-state index contributed by atoms with van der Waals surface area (Å²) in [7, 11) is 0. The maximum absolute atomic E-state index is 12.7. The van der Waals surface area contributed by atoms with Gasteiger partial charge in [0.25, 0.3) is 0 Å². The summed E-state index contributed by atoms with van der Waals surface area (Å²) in [4.78, 5) is 10.9. The predicted octanol–water partition coefficient (Wildman–Crippen LogP) is 4.98. The molecule has 1 N–H and O–H groups in total. The highest BCUT2D eigenvalue weighted by Gasteiger charge is 2.30. The van der Waals surface area contributed by atoms with E-state index in [0.717, 1.165) is 27.0 Å². The van der Waals surface area contributed by atoms with Crippen LogP contribution in [0.2, 0.25) is 0 Å². The first-order chi connectivity index (χ1) is 11.3. The summed E-state index contributed by atoms with van der Waals surface area (Å²) in [6.07, 6.45) is -3.83. The van der Waals surface area contributed by atoms with Gasteiger partial charge < -0.3 is 5.32 Å². The van der Waals surface area contributed by atoms with Crippen LogP contribution in [-0.4, -0.2) is 16.5 Å². The van der Waals surface area contributed by atoms with Crippen molar-refractivity contribution in [3.63, 3.8) is 0 Å². The van der Waals surface area contributed by atoms with Crippen LogP contribution >= 0.6 is 11.3 Å². The van der Waals surface area contributed by atoms with E-state index >= 15 is 0 Å². The van der Waals surface area contributed by atoms with Crippen LogP contribution in [-0.2, 0) is 12.6 Å². The van der Waals surface area contributed by atoms with Crippen LogP contribution in [0.4, 0.5) is 19.0 Å². The number of hydrogen-bond acceptors (Lipinski definition) is 4. The number of halogens is 3. The number of nitrogens with zero attached hydrogens (tertiary/aromatic N) is 2. The smallest absolute Gasteiger partial charge is 0.369 e. The number of hydrogen-bond donors (Lipinski definition) is 1. The SMILES string of the molecule is Cc1nc(NCCc2cccc(C(F)(F)F)c2)c2cc(C)sc2n1. The molecule has 0 bridgehead atoms. The second kappa shape index (κ2) is 6.39. The van der Waals surface area contributed by atoms with Gasteiger partial charge in [-0.05, 0) is 38.0 Å². The van der Waals surface area contributed by atoms with Gasteiger partial charge in [0.15, 0.2) is 0 Å². The highest BCUT2D eigenvalue weighted by atomic mass is 32.1. The van der Waals surface area contributed by atoms with Crippen molar-refractivity contribution in [1.29, 1.82) is 0 Å². The van der Waals surface area contributed by atoms with Gasteiger partial charge in [-0.3, -0.25) is 0 Å². The number of nitrogens with one attached hydrogen (secondary N) is 1. The van der Waals surface area contributed by atoms with E-state index in [9.17, 15) is 13.2 Å². The molecule has 0 radical (unpaired) electrons. The van der Waals surface area contributed by atoms with Crippen molar-refractivity contribution in [3.8, 4) is 0 Å². The number of benzene rings is 1. The van der Waals surface area contributed by atoms with Crippen LogP contribution in [0.15, 0.2) is 30.3 Å². The maximum Gasteiger partial charge on any atom is 0.416 e. The monoisotopic (exact) mass is 351 g/mol. The predicted molar refractivity (Wildman–Crippen MR) is 90.5 cm³/mol. The van der Waals surface area contributed by atoms with E-state index in [2.05, 4.69) is 15.3 Å². The molecule has 7 heteroatoms. The van der Waals surface area contributed by atoms with Gasteiger partial charge in [-0.1, -0.05) is 18.2 Å². The molecule has 0 unspecified atom stereocenters. The molecule has 1 aromatic carbocycles. The summed E-state index contributed by atoms with van der Waals surface area (Å²) in [6, 6.07) is 7.44. The molecule has 2 heterocycles. The molecule has 0 aliphatic heterocycles. The molecule has 3 aromatic rings. The van der Waals surface area contributed by atoms with Gasteiger partial charge >= 0.3 is 6.18 Å². The van der Waals surface area contributed by atoms with Gasteiger partial charge in [-0.15, -0.1) is 11.3 Å². The fourth-order valence-electron chi connectivity index (χ4n) is 2.51. The molecule has 0 spiro atoms. The number of aryl methyl sites for hydroxylation is 2. The quantitative estimate of drug-likeness (QED) is 0.720.